The Kier molecular flexibility index (Phi) is 5.05. The molecule has 0 aliphatic carbocycles. The van der Waals surface area contributed by atoms with Crippen LogP contribution in [-0.2, 0) is 25.7 Å². The first-order chi connectivity index (χ1) is 15.4. The van der Waals surface area contributed by atoms with E-state index >= 15 is 0 Å². The van der Waals surface area contributed by atoms with Crippen molar-refractivity contribution in [2.24, 2.45) is 0 Å². The first kappa shape index (κ1) is 20.4. The Morgan fingerprint density at radius 2 is 1.91 bits per heavy atom. The molecule has 6 nitrogen and oxygen atoms in total. The fourth-order valence-corrected chi connectivity index (χ4v) is 3.89. The van der Waals surface area contributed by atoms with E-state index in [2.05, 4.69) is 14.9 Å². The van der Waals surface area contributed by atoms with E-state index in [1.54, 1.807) is 0 Å². The molecule has 0 saturated heterocycles. The van der Waals surface area contributed by atoms with Crippen LogP contribution in [0.3, 0.4) is 0 Å². The molecule has 4 aromatic rings. The van der Waals surface area contributed by atoms with E-state index in [1.807, 2.05) is 60.3 Å². The summed E-state index contributed by atoms with van der Waals surface area (Å²) in [6, 6.07) is 13.6. The first-order valence-electron chi connectivity index (χ1n) is 10.2. The van der Waals surface area contributed by atoms with Crippen LogP contribution in [0.2, 0.25) is 0 Å². The Bertz CT molecular complexity index is 1250. The van der Waals surface area contributed by atoms with Gasteiger partial charge in [0.1, 0.15) is 11.5 Å². The molecule has 0 amide bonds. The Morgan fingerprint density at radius 3 is 2.62 bits per heavy atom. The highest BCUT2D eigenvalue weighted by Gasteiger charge is 2.35. The van der Waals surface area contributed by atoms with Gasteiger partial charge in [-0.05, 0) is 31.2 Å². The Hall–Kier alpha value is -3.46. The van der Waals surface area contributed by atoms with E-state index in [-0.39, 0.29) is 0 Å². The third-order valence-corrected chi connectivity index (χ3v) is 5.44. The Balaban J connectivity index is 1.43. The molecule has 32 heavy (non-hydrogen) atoms. The molecule has 5 rings (SSSR count). The van der Waals surface area contributed by atoms with Crippen molar-refractivity contribution in [2.75, 3.05) is 6.54 Å². The summed E-state index contributed by atoms with van der Waals surface area (Å²) in [6.07, 6.45) is -0.833. The standard InChI is InChI=1S/C23H20F3N5O/c1-15-7-8-20(32-15)21-17(14-31(29-21)18-5-3-2-4-6-18)13-30-10-9-19-16(12-30)11-27-22(28-19)23(24,25)26/h2-8,11,14H,9-10,12-13H2,1H3. The molecule has 0 atom stereocenters. The Morgan fingerprint density at radius 1 is 1.09 bits per heavy atom. The molecule has 3 aromatic heterocycles. The van der Waals surface area contributed by atoms with Gasteiger partial charge in [-0.2, -0.15) is 18.3 Å². The average Bonchev–Trinajstić information content (AvgIpc) is 3.39. The van der Waals surface area contributed by atoms with Crippen LogP contribution in [-0.4, -0.2) is 31.2 Å². The number of rotatable bonds is 4. The summed E-state index contributed by atoms with van der Waals surface area (Å²) in [4.78, 5) is 9.42. The second-order valence-electron chi connectivity index (χ2n) is 7.82. The van der Waals surface area contributed by atoms with Crippen LogP contribution in [0.5, 0.6) is 0 Å². The van der Waals surface area contributed by atoms with Crippen molar-refractivity contribution < 1.29 is 17.6 Å². The van der Waals surface area contributed by atoms with E-state index in [1.165, 1.54) is 6.20 Å². The number of furan rings is 1. The molecule has 0 saturated carbocycles. The van der Waals surface area contributed by atoms with E-state index in [9.17, 15) is 13.2 Å². The lowest BCUT2D eigenvalue weighted by atomic mass is 10.1. The molecule has 0 N–H and O–H groups in total. The molecule has 0 unspecified atom stereocenters. The number of nitrogens with zero attached hydrogens (tertiary/aromatic N) is 5. The van der Waals surface area contributed by atoms with E-state index in [4.69, 9.17) is 9.52 Å². The summed E-state index contributed by atoms with van der Waals surface area (Å²) in [5, 5.41) is 4.76. The minimum atomic E-state index is -4.53. The summed E-state index contributed by atoms with van der Waals surface area (Å²) in [5.41, 5.74) is 3.83. The maximum atomic E-state index is 12.9. The maximum Gasteiger partial charge on any atom is 0.451 e. The van der Waals surface area contributed by atoms with Crippen molar-refractivity contribution in [3.8, 4) is 17.1 Å². The van der Waals surface area contributed by atoms with Gasteiger partial charge >= 0.3 is 6.18 Å². The number of para-hydroxylation sites is 1. The number of fused-ring (bicyclic) bond motifs is 1. The number of benzene rings is 1. The minimum Gasteiger partial charge on any atom is -0.460 e. The van der Waals surface area contributed by atoms with Crippen molar-refractivity contribution in [1.29, 1.82) is 0 Å². The van der Waals surface area contributed by atoms with Gasteiger partial charge < -0.3 is 4.42 Å². The number of aromatic nitrogens is 4. The van der Waals surface area contributed by atoms with Gasteiger partial charge in [-0.1, -0.05) is 18.2 Å². The van der Waals surface area contributed by atoms with Crippen LogP contribution in [0.4, 0.5) is 13.2 Å². The SMILES string of the molecule is Cc1ccc(-c2nn(-c3ccccc3)cc2CN2CCc3nc(C(F)(F)F)ncc3C2)o1. The van der Waals surface area contributed by atoms with Crippen molar-refractivity contribution in [1.82, 2.24) is 24.6 Å². The minimum absolute atomic E-state index is 0.433. The molecule has 0 spiro atoms. The topological polar surface area (TPSA) is 60.0 Å². The first-order valence-corrected chi connectivity index (χ1v) is 10.2. The number of hydrogen-bond donors (Lipinski definition) is 0. The van der Waals surface area contributed by atoms with Gasteiger partial charge in [0.05, 0.1) is 11.4 Å². The molecule has 0 radical (unpaired) electrons. The fourth-order valence-electron chi connectivity index (χ4n) is 3.89. The molecule has 1 aliphatic rings. The van der Waals surface area contributed by atoms with Gasteiger partial charge in [-0.3, -0.25) is 4.90 Å². The second kappa shape index (κ2) is 7.90. The molecule has 0 bridgehead atoms. The molecule has 1 aromatic carbocycles. The predicted molar refractivity (Wildman–Crippen MR) is 111 cm³/mol. The number of halogens is 3. The van der Waals surface area contributed by atoms with Gasteiger partial charge in [0.15, 0.2) is 5.76 Å². The van der Waals surface area contributed by atoms with E-state index < -0.39 is 12.0 Å². The second-order valence-corrected chi connectivity index (χ2v) is 7.82. The predicted octanol–water partition coefficient (Wildman–Crippen LogP) is 4.81. The van der Waals surface area contributed by atoms with Crippen LogP contribution in [0.25, 0.3) is 17.1 Å². The van der Waals surface area contributed by atoms with Crippen LogP contribution in [0.15, 0.2) is 59.3 Å². The molecule has 9 heteroatoms. The number of hydrogen-bond acceptors (Lipinski definition) is 5. The highest BCUT2D eigenvalue weighted by atomic mass is 19.4. The van der Waals surface area contributed by atoms with E-state index in [0.717, 1.165) is 28.3 Å². The zero-order valence-corrected chi connectivity index (χ0v) is 17.3. The van der Waals surface area contributed by atoms with Crippen molar-refractivity contribution in [3.63, 3.8) is 0 Å². The van der Waals surface area contributed by atoms with Crippen LogP contribution in [0.1, 0.15) is 28.4 Å². The van der Waals surface area contributed by atoms with Crippen molar-refractivity contribution in [3.05, 3.63) is 83.3 Å². The lowest BCUT2D eigenvalue weighted by Gasteiger charge is -2.28. The number of alkyl halides is 3. The molecule has 164 valence electrons. The molecular weight excluding hydrogens is 419 g/mol. The van der Waals surface area contributed by atoms with Crippen molar-refractivity contribution in [2.45, 2.75) is 32.6 Å². The molecular formula is C23H20F3N5O. The largest absolute Gasteiger partial charge is 0.460 e. The molecule has 1 aliphatic heterocycles. The molecule has 4 heterocycles. The average molecular weight is 439 g/mol. The quantitative estimate of drug-likeness (QED) is 0.457. The maximum absolute atomic E-state index is 12.9. The van der Waals surface area contributed by atoms with Gasteiger partial charge in [0.25, 0.3) is 0 Å². The van der Waals surface area contributed by atoms with E-state index in [0.29, 0.717) is 37.5 Å². The monoisotopic (exact) mass is 439 g/mol. The highest BCUT2D eigenvalue weighted by molar-refractivity contribution is 5.58. The zero-order chi connectivity index (χ0) is 22.3. The van der Waals surface area contributed by atoms with Gasteiger partial charge in [0, 0.05) is 49.6 Å². The summed E-state index contributed by atoms with van der Waals surface area (Å²) >= 11 is 0. The molecule has 0 fully saturated rings. The van der Waals surface area contributed by atoms with Crippen LogP contribution >= 0.6 is 0 Å². The summed E-state index contributed by atoms with van der Waals surface area (Å²) in [6.45, 7) is 3.52. The lowest BCUT2D eigenvalue weighted by Crippen LogP contribution is -2.31. The van der Waals surface area contributed by atoms with Gasteiger partial charge in [-0.25, -0.2) is 14.6 Å². The van der Waals surface area contributed by atoms with Crippen LogP contribution in [0, 0.1) is 6.92 Å². The third kappa shape index (κ3) is 4.03. The summed E-state index contributed by atoms with van der Waals surface area (Å²) in [7, 11) is 0. The smallest absolute Gasteiger partial charge is 0.451 e. The van der Waals surface area contributed by atoms with Gasteiger partial charge in [-0.15, -0.1) is 0 Å². The third-order valence-electron chi connectivity index (χ3n) is 5.44. The normalized spacial score (nSPS) is 14.5. The summed E-state index contributed by atoms with van der Waals surface area (Å²) < 4.78 is 46.4. The number of aryl methyl sites for hydroxylation is 1. The van der Waals surface area contributed by atoms with Crippen molar-refractivity contribution >= 4 is 0 Å². The zero-order valence-electron chi connectivity index (χ0n) is 17.3. The fraction of sp³-hybridized carbons (Fsp3) is 0.261. The Labute approximate surface area is 182 Å². The highest BCUT2D eigenvalue weighted by Crippen LogP contribution is 2.30. The summed E-state index contributed by atoms with van der Waals surface area (Å²) in [5.74, 6) is 0.400. The lowest BCUT2D eigenvalue weighted by molar-refractivity contribution is -0.145. The van der Waals surface area contributed by atoms with Gasteiger partial charge in [0.2, 0.25) is 5.82 Å². The van der Waals surface area contributed by atoms with Crippen LogP contribution < -0.4 is 0 Å².